The van der Waals surface area contributed by atoms with Gasteiger partial charge >= 0.3 is 0 Å². The van der Waals surface area contributed by atoms with Crippen molar-refractivity contribution in [1.29, 1.82) is 0 Å². The molecular formula is C26H32N4O4S. The van der Waals surface area contributed by atoms with Crippen molar-refractivity contribution in [1.82, 2.24) is 15.0 Å². The van der Waals surface area contributed by atoms with Gasteiger partial charge in [-0.2, -0.15) is 5.10 Å². The fourth-order valence-corrected chi connectivity index (χ4v) is 5.56. The van der Waals surface area contributed by atoms with Gasteiger partial charge in [0, 0.05) is 4.88 Å². The normalized spacial score (nSPS) is 16.3. The maximum absolute atomic E-state index is 13.3. The van der Waals surface area contributed by atoms with Gasteiger partial charge in [0.15, 0.2) is 11.5 Å². The lowest BCUT2D eigenvalue weighted by Crippen LogP contribution is -2.34. The number of ether oxygens (including phenoxy) is 2. The Balaban J connectivity index is 1.46. The van der Waals surface area contributed by atoms with Crippen LogP contribution in [0.1, 0.15) is 62.1 Å². The molecule has 1 aliphatic carbocycles. The second kappa shape index (κ2) is 11.0. The number of benzene rings is 1. The first-order valence-electron chi connectivity index (χ1n) is 12.1. The van der Waals surface area contributed by atoms with Gasteiger partial charge in [0.05, 0.1) is 31.6 Å². The molecule has 0 bridgehead atoms. The van der Waals surface area contributed by atoms with E-state index in [-0.39, 0.29) is 5.56 Å². The van der Waals surface area contributed by atoms with Crippen LogP contribution in [0.3, 0.4) is 0 Å². The summed E-state index contributed by atoms with van der Waals surface area (Å²) in [5, 5.41) is 4.74. The third-order valence-electron chi connectivity index (χ3n) is 6.37. The first-order chi connectivity index (χ1) is 16.9. The summed E-state index contributed by atoms with van der Waals surface area (Å²) in [6.45, 7) is 6.64. The smallest absolute Gasteiger partial charge is 0.263 e. The van der Waals surface area contributed by atoms with E-state index in [1.807, 2.05) is 12.1 Å². The number of methoxy groups -OCH3 is 1. The van der Waals surface area contributed by atoms with Crippen molar-refractivity contribution in [3.8, 4) is 11.5 Å². The Morgan fingerprint density at radius 1 is 1.40 bits per heavy atom. The number of thiophene rings is 1. The third kappa shape index (κ3) is 5.40. The number of amides is 1. The number of carbonyl (C=O) groups is 1. The molecule has 2 atom stereocenters. The number of nitrogens with zero attached hydrogens (tertiary/aromatic N) is 3. The lowest BCUT2D eigenvalue weighted by molar-refractivity contribution is -0.123. The monoisotopic (exact) mass is 496 g/mol. The molecule has 1 amide bonds. The molecule has 1 aliphatic rings. The van der Waals surface area contributed by atoms with Crippen LogP contribution in [0.2, 0.25) is 0 Å². The highest BCUT2D eigenvalue weighted by molar-refractivity contribution is 7.18. The molecule has 0 saturated carbocycles. The number of aryl methyl sites for hydroxylation is 1. The molecule has 0 aliphatic heterocycles. The summed E-state index contributed by atoms with van der Waals surface area (Å²) in [7, 11) is 1.58. The maximum Gasteiger partial charge on any atom is 0.263 e. The van der Waals surface area contributed by atoms with Gasteiger partial charge in [-0.1, -0.05) is 20.3 Å². The van der Waals surface area contributed by atoms with Gasteiger partial charge < -0.3 is 9.47 Å². The van der Waals surface area contributed by atoms with Crippen molar-refractivity contribution < 1.29 is 14.3 Å². The molecule has 9 heteroatoms. The van der Waals surface area contributed by atoms with E-state index in [1.54, 1.807) is 31.4 Å². The van der Waals surface area contributed by atoms with E-state index in [0.29, 0.717) is 29.4 Å². The minimum absolute atomic E-state index is 0.169. The van der Waals surface area contributed by atoms with Gasteiger partial charge in [-0.05, 0) is 67.9 Å². The predicted octanol–water partition coefficient (Wildman–Crippen LogP) is 4.48. The van der Waals surface area contributed by atoms with Crippen LogP contribution in [0.5, 0.6) is 11.5 Å². The Bertz CT molecular complexity index is 1300. The quantitative estimate of drug-likeness (QED) is 0.268. The van der Waals surface area contributed by atoms with Crippen LogP contribution in [-0.4, -0.2) is 35.4 Å². The molecule has 8 nitrogen and oxygen atoms in total. The zero-order chi connectivity index (χ0) is 24.9. The SMILES string of the molecule is CCCCOc1ccc(/C=N/NC(=O)C(C)n2cnc3sc4c(c3c2=O)CCC(C)C4)cc1OC. The molecule has 0 spiro atoms. The predicted molar refractivity (Wildman–Crippen MR) is 139 cm³/mol. The largest absolute Gasteiger partial charge is 0.493 e. The van der Waals surface area contributed by atoms with E-state index in [1.165, 1.54) is 22.0 Å². The van der Waals surface area contributed by atoms with Gasteiger partial charge in [-0.3, -0.25) is 14.2 Å². The number of carbonyl (C=O) groups excluding carboxylic acids is 1. The number of hydrazone groups is 1. The molecule has 0 fully saturated rings. The summed E-state index contributed by atoms with van der Waals surface area (Å²) in [5.74, 6) is 1.49. The number of fused-ring (bicyclic) bond motifs is 3. The number of aromatic nitrogens is 2. The molecule has 35 heavy (non-hydrogen) atoms. The molecule has 186 valence electrons. The number of hydrogen-bond donors (Lipinski definition) is 1. The molecule has 2 heterocycles. The van der Waals surface area contributed by atoms with E-state index < -0.39 is 11.9 Å². The van der Waals surface area contributed by atoms with E-state index >= 15 is 0 Å². The third-order valence-corrected chi connectivity index (χ3v) is 7.53. The van der Waals surface area contributed by atoms with Crippen LogP contribution in [0.15, 0.2) is 34.4 Å². The number of rotatable bonds is 9. The van der Waals surface area contributed by atoms with Crippen LogP contribution in [0, 0.1) is 5.92 Å². The number of unbranched alkanes of at least 4 members (excludes halogenated alkanes) is 1. The lowest BCUT2D eigenvalue weighted by Gasteiger charge is -2.18. The second-order valence-corrected chi connectivity index (χ2v) is 10.1. The number of nitrogens with one attached hydrogen (secondary N) is 1. The molecule has 1 N–H and O–H groups in total. The standard InChI is InChI=1S/C26H32N4O4S/c1-5-6-11-34-20-10-8-18(13-21(20)33-4)14-28-29-24(31)17(3)30-15-27-25-23(26(30)32)19-9-7-16(2)12-22(19)35-25/h8,10,13-17H,5-7,9,11-12H2,1-4H3,(H,29,31)/b28-14+. The van der Waals surface area contributed by atoms with Crippen LogP contribution in [0.25, 0.3) is 10.2 Å². The Hall–Kier alpha value is -3.20. The summed E-state index contributed by atoms with van der Waals surface area (Å²) in [4.78, 5) is 32.5. The average Bonchev–Trinajstić information content (AvgIpc) is 3.22. The van der Waals surface area contributed by atoms with Gasteiger partial charge in [0.1, 0.15) is 10.9 Å². The zero-order valence-corrected chi connectivity index (χ0v) is 21.5. The van der Waals surface area contributed by atoms with E-state index in [0.717, 1.165) is 48.1 Å². The van der Waals surface area contributed by atoms with Crippen molar-refractivity contribution >= 4 is 33.7 Å². The Morgan fingerprint density at radius 3 is 3.00 bits per heavy atom. The Morgan fingerprint density at radius 2 is 2.23 bits per heavy atom. The first-order valence-corrected chi connectivity index (χ1v) is 12.9. The molecular weight excluding hydrogens is 464 g/mol. The Labute approximate surface area is 209 Å². The van der Waals surface area contributed by atoms with Crippen molar-refractivity contribution in [2.75, 3.05) is 13.7 Å². The average molecular weight is 497 g/mol. The van der Waals surface area contributed by atoms with Crippen molar-refractivity contribution in [2.24, 2.45) is 11.0 Å². The summed E-state index contributed by atoms with van der Waals surface area (Å²) >= 11 is 1.60. The van der Waals surface area contributed by atoms with Crippen molar-refractivity contribution in [2.45, 2.75) is 58.9 Å². The van der Waals surface area contributed by atoms with E-state index in [4.69, 9.17) is 9.47 Å². The van der Waals surface area contributed by atoms with Gasteiger partial charge in [0.2, 0.25) is 0 Å². The van der Waals surface area contributed by atoms with Crippen LogP contribution >= 0.6 is 11.3 Å². The summed E-state index contributed by atoms with van der Waals surface area (Å²) < 4.78 is 12.5. The van der Waals surface area contributed by atoms with Gasteiger partial charge in [-0.25, -0.2) is 10.4 Å². The molecule has 1 aromatic carbocycles. The second-order valence-electron chi connectivity index (χ2n) is 9.01. The molecule has 2 unspecified atom stereocenters. The zero-order valence-electron chi connectivity index (χ0n) is 20.7. The van der Waals surface area contributed by atoms with Crippen LogP contribution in [-0.2, 0) is 17.6 Å². The van der Waals surface area contributed by atoms with E-state index in [2.05, 4.69) is 29.4 Å². The Kier molecular flexibility index (Phi) is 7.85. The number of hydrogen-bond acceptors (Lipinski definition) is 7. The molecule has 0 saturated heterocycles. The molecule has 3 aromatic rings. The molecule has 2 aromatic heterocycles. The highest BCUT2D eigenvalue weighted by atomic mass is 32.1. The minimum atomic E-state index is -0.751. The fourth-order valence-electron chi connectivity index (χ4n) is 4.22. The minimum Gasteiger partial charge on any atom is -0.493 e. The highest BCUT2D eigenvalue weighted by Crippen LogP contribution is 2.35. The summed E-state index contributed by atoms with van der Waals surface area (Å²) in [6.07, 6.45) is 7.95. The fraction of sp³-hybridized carbons (Fsp3) is 0.462. The highest BCUT2D eigenvalue weighted by Gasteiger charge is 2.25. The van der Waals surface area contributed by atoms with E-state index in [9.17, 15) is 9.59 Å². The van der Waals surface area contributed by atoms with Crippen molar-refractivity contribution in [3.05, 3.63) is 50.9 Å². The van der Waals surface area contributed by atoms with Crippen molar-refractivity contribution in [3.63, 3.8) is 0 Å². The molecule has 4 rings (SSSR count). The summed E-state index contributed by atoms with van der Waals surface area (Å²) in [5.41, 5.74) is 4.22. The summed E-state index contributed by atoms with van der Waals surface area (Å²) in [6, 6.07) is 4.71. The topological polar surface area (TPSA) is 94.8 Å². The van der Waals surface area contributed by atoms with Crippen LogP contribution < -0.4 is 20.5 Å². The maximum atomic E-state index is 13.3. The van der Waals surface area contributed by atoms with Crippen LogP contribution in [0.4, 0.5) is 0 Å². The van der Waals surface area contributed by atoms with Gasteiger partial charge in [-0.15, -0.1) is 11.3 Å². The first kappa shape index (κ1) is 24.9. The molecule has 0 radical (unpaired) electrons. The van der Waals surface area contributed by atoms with Gasteiger partial charge in [0.25, 0.3) is 11.5 Å². The lowest BCUT2D eigenvalue weighted by atomic mass is 9.89.